The highest BCUT2D eigenvalue weighted by molar-refractivity contribution is 6.07. The number of carbonyl (C=O) groups excluding carboxylic acids is 2. The van der Waals surface area contributed by atoms with E-state index >= 15 is 0 Å². The number of pyridine rings is 1. The monoisotopic (exact) mass is 403 g/mol. The molecule has 0 radical (unpaired) electrons. The van der Waals surface area contributed by atoms with Crippen LogP contribution in [-0.4, -0.2) is 52.9 Å². The molecule has 0 spiro atoms. The van der Waals surface area contributed by atoms with Crippen molar-refractivity contribution in [3.63, 3.8) is 0 Å². The van der Waals surface area contributed by atoms with Gasteiger partial charge in [0, 0.05) is 23.8 Å². The molecule has 0 bridgehead atoms. The average Bonchev–Trinajstić information content (AvgIpc) is 3.44. The van der Waals surface area contributed by atoms with E-state index in [1.165, 1.54) is 4.90 Å². The molecule has 1 saturated heterocycles. The second kappa shape index (κ2) is 8.25. The van der Waals surface area contributed by atoms with Gasteiger partial charge in [0.05, 0.1) is 25.3 Å². The predicted octanol–water partition coefficient (Wildman–Crippen LogP) is 2.48. The van der Waals surface area contributed by atoms with Crippen LogP contribution < -0.4 is 10.1 Å². The van der Waals surface area contributed by atoms with Crippen LogP contribution in [0.15, 0.2) is 42.6 Å². The molecule has 152 valence electrons. The highest BCUT2D eigenvalue weighted by Crippen LogP contribution is 2.27. The van der Waals surface area contributed by atoms with E-state index in [1.807, 2.05) is 30.3 Å². The smallest absolute Gasteiger partial charge is 0.252 e. The number of nitrogens with zero attached hydrogens (tertiary/aromatic N) is 3. The molecule has 0 aliphatic carbocycles. The summed E-state index contributed by atoms with van der Waals surface area (Å²) in [6, 6.07) is 12.8. The summed E-state index contributed by atoms with van der Waals surface area (Å²) in [4.78, 5) is 34.2. The topological polar surface area (TPSA) is 111 Å². The van der Waals surface area contributed by atoms with Gasteiger partial charge in [-0.25, -0.2) is 4.98 Å². The van der Waals surface area contributed by atoms with Gasteiger partial charge in [0.1, 0.15) is 17.4 Å². The number of methoxy groups -OCH3 is 1. The maximum atomic E-state index is 12.8. The fourth-order valence-electron chi connectivity index (χ4n) is 3.70. The van der Waals surface area contributed by atoms with Gasteiger partial charge in [-0.1, -0.05) is 0 Å². The van der Waals surface area contributed by atoms with E-state index in [9.17, 15) is 9.59 Å². The Morgan fingerprint density at radius 2 is 2.13 bits per heavy atom. The summed E-state index contributed by atoms with van der Waals surface area (Å²) in [6.45, 7) is 0.409. The zero-order chi connectivity index (χ0) is 21.1. The third-order valence-electron chi connectivity index (χ3n) is 5.30. The summed E-state index contributed by atoms with van der Waals surface area (Å²) in [5.41, 5.74) is 2.78. The van der Waals surface area contributed by atoms with Crippen LogP contribution in [0.2, 0.25) is 0 Å². The average molecular weight is 403 g/mol. The molecule has 4 rings (SSSR count). The number of carbonyl (C=O) groups is 2. The van der Waals surface area contributed by atoms with E-state index in [0.717, 1.165) is 23.4 Å². The van der Waals surface area contributed by atoms with Crippen LogP contribution in [-0.2, 0) is 4.79 Å². The van der Waals surface area contributed by atoms with Gasteiger partial charge in [-0.15, -0.1) is 0 Å². The number of hydrogen-bond acceptors (Lipinski definition) is 5. The van der Waals surface area contributed by atoms with Gasteiger partial charge in [-0.2, -0.15) is 5.26 Å². The van der Waals surface area contributed by atoms with Crippen LogP contribution in [0.4, 0.5) is 0 Å². The van der Waals surface area contributed by atoms with Gasteiger partial charge in [0.25, 0.3) is 5.91 Å². The van der Waals surface area contributed by atoms with Gasteiger partial charge in [0.2, 0.25) is 5.91 Å². The molecule has 2 N–H and O–H groups in total. The highest BCUT2D eigenvalue weighted by Gasteiger charge is 2.28. The molecular weight excluding hydrogens is 382 g/mol. The number of likely N-dealkylation sites (tertiary alicyclic amines) is 1. The lowest BCUT2D eigenvalue weighted by Gasteiger charge is -2.19. The van der Waals surface area contributed by atoms with E-state index in [4.69, 9.17) is 10.00 Å². The number of nitrogens with one attached hydrogen (secondary N) is 2. The number of aromatic amines is 1. The number of nitriles is 1. The van der Waals surface area contributed by atoms with Gasteiger partial charge in [-0.05, 0) is 54.8 Å². The largest absolute Gasteiger partial charge is 0.497 e. The first-order chi connectivity index (χ1) is 14.6. The van der Waals surface area contributed by atoms with E-state index in [2.05, 4.69) is 21.4 Å². The number of benzene rings is 1. The number of hydrogen-bond donors (Lipinski definition) is 2. The van der Waals surface area contributed by atoms with Crippen molar-refractivity contribution < 1.29 is 14.3 Å². The number of rotatable bonds is 5. The minimum absolute atomic E-state index is 0.142. The van der Waals surface area contributed by atoms with Crippen molar-refractivity contribution in [2.75, 3.05) is 20.2 Å². The fourth-order valence-corrected chi connectivity index (χ4v) is 3.70. The lowest BCUT2D eigenvalue weighted by atomic mass is 10.1. The molecule has 0 unspecified atom stereocenters. The Kier molecular flexibility index (Phi) is 5.35. The lowest BCUT2D eigenvalue weighted by molar-refractivity contribution is -0.130. The number of aromatic nitrogens is 2. The second-order valence-electron chi connectivity index (χ2n) is 7.09. The van der Waals surface area contributed by atoms with Crippen LogP contribution in [0.25, 0.3) is 22.3 Å². The number of H-pyrrole nitrogens is 1. The van der Waals surface area contributed by atoms with Crippen LogP contribution >= 0.6 is 0 Å². The third-order valence-corrected chi connectivity index (χ3v) is 5.30. The predicted molar refractivity (Wildman–Crippen MR) is 111 cm³/mol. The summed E-state index contributed by atoms with van der Waals surface area (Å²) in [6.07, 6.45) is 3.04. The normalized spacial score (nSPS) is 15.7. The third kappa shape index (κ3) is 3.70. The first-order valence-corrected chi connectivity index (χ1v) is 9.70. The quantitative estimate of drug-likeness (QED) is 0.680. The van der Waals surface area contributed by atoms with Crippen molar-refractivity contribution >= 4 is 22.8 Å². The molecule has 1 aliphatic rings. The Hall–Kier alpha value is -3.86. The van der Waals surface area contributed by atoms with Crippen molar-refractivity contribution in [3.8, 4) is 23.1 Å². The zero-order valence-electron chi connectivity index (χ0n) is 16.5. The first kappa shape index (κ1) is 19.5. The van der Waals surface area contributed by atoms with Crippen LogP contribution in [0, 0.1) is 11.3 Å². The van der Waals surface area contributed by atoms with Crippen LogP contribution in [0.3, 0.4) is 0 Å². The second-order valence-corrected chi connectivity index (χ2v) is 7.09. The van der Waals surface area contributed by atoms with E-state index in [1.54, 1.807) is 19.4 Å². The van der Waals surface area contributed by atoms with Crippen molar-refractivity contribution in [1.29, 1.82) is 5.26 Å². The highest BCUT2D eigenvalue weighted by atomic mass is 16.5. The maximum Gasteiger partial charge on any atom is 0.252 e. The summed E-state index contributed by atoms with van der Waals surface area (Å²) < 4.78 is 5.19. The number of fused-ring (bicyclic) bond motifs is 1. The SMILES string of the molecule is COc1ccc(-c2cc3c(C(=O)NCC(=O)N4CCC[C@H]4C#N)ccnc3[nH]2)cc1. The maximum absolute atomic E-state index is 12.8. The van der Waals surface area contributed by atoms with Gasteiger partial charge >= 0.3 is 0 Å². The molecule has 8 heteroatoms. The fraction of sp³-hybridized carbons (Fsp3) is 0.273. The molecule has 1 fully saturated rings. The van der Waals surface area contributed by atoms with Crippen molar-refractivity contribution in [2.24, 2.45) is 0 Å². The Bertz CT molecular complexity index is 1130. The molecule has 2 amide bonds. The Morgan fingerprint density at radius 3 is 2.87 bits per heavy atom. The molecule has 8 nitrogen and oxygen atoms in total. The van der Waals surface area contributed by atoms with Crippen LogP contribution in [0.1, 0.15) is 23.2 Å². The van der Waals surface area contributed by atoms with Crippen molar-refractivity contribution in [1.82, 2.24) is 20.2 Å². The summed E-state index contributed by atoms with van der Waals surface area (Å²) >= 11 is 0. The van der Waals surface area contributed by atoms with Crippen molar-refractivity contribution in [2.45, 2.75) is 18.9 Å². The molecular formula is C22H21N5O3. The molecule has 1 aromatic carbocycles. The van der Waals surface area contributed by atoms with Gasteiger partial charge < -0.3 is 19.9 Å². The molecule has 0 saturated carbocycles. The summed E-state index contributed by atoms with van der Waals surface area (Å²) in [5.74, 6) is 0.156. The zero-order valence-corrected chi connectivity index (χ0v) is 16.5. The minimum atomic E-state index is -0.404. The molecule has 2 aromatic heterocycles. The van der Waals surface area contributed by atoms with Gasteiger partial charge in [-0.3, -0.25) is 9.59 Å². The molecule has 3 aromatic rings. The van der Waals surface area contributed by atoms with Crippen LogP contribution in [0.5, 0.6) is 5.75 Å². The number of amides is 2. The Morgan fingerprint density at radius 1 is 1.33 bits per heavy atom. The lowest BCUT2D eigenvalue weighted by Crippen LogP contribution is -2.42. The molecule has 1 aliphatic heterocycles. The summed E-state index contributed by atoms with van der Waals surface area (Å²) in [7, 11) is 1.61. The minimum Gasteiger partial charge on any atom is -0.497 e. The molecule has 3 heterocycles. The van der Waals surface area contributed by atoms with Gasteiger partial charge in [0.15, 0.2) is 0 Å². The molecule has 30 heavy (non-hydrogen) atoms. The standard InChI is InChI=1S/C22H21N5O3/c1-30-16-6-4-14(5-7-16)19-11-18-17(8-9-24-21(18)26-19)22(29)25-13-20(28)27-10-2-3-15(27)12-23/h4-9,11,15H,2-3,10,13H2,1H3,(H,24,26)(H,25,29)/t15-/m0/s1. The first-order valence-electron chi connectivity index (χ1n) is 9.70. The summed E-state index contributed by atoms with van der Waals surface area (Å²) in [5, 5.41) is 12.5. The number of ether oxygens (including phenoxy) is 1. The van der Waals surface area contributed by atoms with E-state index in [0.29, 0.717) is 29.6 Å². The van der Waals surface area contributed by atoms with Crippen molar-refractivity contribution in [3.05, 3.63) is 48.2 Å². The Labute approximate surface area is 173 Å². The van der Waals surface area contributed by atoms with E-state index < -0.39 is 6.04 Å². The van der Waals surface area contributed by atoms with E-state index in [-0.39, 0.29) is 18.4 Å². The Balaban J connectivity index is 1.52. The molecule has 1 atom stereocenters.